The van der Waals surface area contributed by atoms with Crippen molar-refractivity contribution in [3.63, 3.8) is 0 Å². The third-order valence-electron chi connectivity index (χ3n) is 2.82. The molecule has 1 aromatic heterocycles. The molecular weight excluding hydrogens is 252 g/mol. The van der Waals surface area contributed by atoms with Gasteiger partial charge in [-0.05, 0) is 19.8 Å². The number of nitrogens with zero attached hydrogens (tertiary/aromatic N) is 2. The summed E-state index contributed by atoms with van der Waals surface area (Å²) in [6, 6.07) is -0.124. The SMILES string of the molecule is CC(C)C(N)C(CO)Sc1n[nH]c(=O)n1C(C)C. The van der Waals surface area contributed by atoms with Gasteiger partial charge in [0.15, 0.2) is 5.16 Å². The van der Waals surface area contributed by atoms with Gasteiger partial charge in [-0.1, -0.05) is 25.6 Å². The van der Waals surface area contributed by atoms with Crippen molar-refractivity contribution in [2.24, 2.45) is 11.7 Å². The zero-order valence-corrected chi connectivity index (χ0v) is 12.1. The summed E-state index contributed by atoms with van der Waals surface area (Å²) in [5, 5.41) is 16.2. The monoisotopic (exact) mass is 274 g/mol. The first kappa shape index (κ1) is 15.3. The highest BCUT2D eigenvalue weighted by Crippen LogP contribution is 2.25. The third kappa shape index (κ3) is 3.37. The summed E-state index contributed by atoms with van der Waals surface area (Å²) >= 11 is 1.35. The van der Waals surface area contributed by atoms with E-state index in [2.05, 4.69) is 10.2 Å². The molecule has 0 amide bonds. The van der Waals surface area contributed by atoms with Crippen LogP contribution < -0.4 is 11.4 Å². The van der Waals surface area contributed by atoms with E-state index in [1.165, 1.54) is 11.8 Å². The number of rotatable bonds is 6. The highest BCUT2D eigenvalue weighted by Gasteiger charge is 2.24. The third-order valence-corrected chi connectivity index (χ3v) is 4.09. The number of aliphatic hydroxyl groups is 1. The van der Waals surface area contributed by atoms with Crippen LogP contribution in [0, 0.1) is 5.92 Å². The maximum Gasteiger partial charge on any atom is 0.344 e. The number of H-pyrrole nitrogens is 1. The van der Waals surface area contributed by atoms with Gasteiger partial charge in [-0.15, -0.1) is 5.10 Å². The summed E-state index contributed by atoms with van der Waals surface area (Å²) in [7, 11) is 0. The van der Waals surface area contributed by atoms with Gasteiger partial charge in [-0.2, -0.15) is 0 Å². The number of nitrogens with two attached hydrogens (primary N) is 1. The average molecular weight is 274 g/mol. The fourth-order valence-electron chi connectivity index (χ4n) is 1.63. The van der Waals surface area contributed by atoms with Gasteiger partial charge >= 0.3 is 5.69 Å². The largest absolute Gasteiger partial charge is 0.395 e. The number of aromatic amines is 1. The Morgan fingerprint density at radius 1 is 1.44 bits per heavy atom. The molecule has 6 nitrogen and oxygen atoms in total. The summed E-state index contributed by atoms with van der Waals surface area (Å²) in [4.78, 5) is 11.6. The van der Waals surface area contributed by atoms with Crippen molar-refractivity contribution in [1.82, 2.24) is 14.8 Å². The van der Waals surface area contributed by atoms with E-state index in [-0.39, 0.29) is 35.5 Å². The molecule has 104 valence electrons. The highest BCUT2D eigenvalue weighted by molar-refractivity contribution is 7.99. The van der Waals surface area contributed by atoms with E-state index in [9.17, 15) is 9.90 Å². The van der Waals surface area contributed by atoms with Crippen molar-refractivity contribution < 1.29 is 5.11 Å². The molecular formula is C11H22N4O2S. The summed E-state index contributed by atoms with van der Waals surface area (Å²) < 4.78 is 1.57. The normalized spacial score (nSPS) is 15.3. The summed E-state index contributed by atoms with van der Waals surface area (Å²) in [5.41, 5.74) is 5.81. The fraction of sp³-hybridized carbons (Fsp3) is 0.818. The van der Waals surface area contributed by atoms with Gasteiger partial charge in [0.25, 0.3) is 0 Å². The molecule has 0 radical (unpaired) electrons. The van der Waals surface area contributed by atoms with Crippen molar-refractivity contribution in [1.29, 1.82) is 0 Å². The van der Waals surface area contributed by atoms with Crippen molar-refractivity contribution >= 4 is 11.8 Å². The number of hydrogen-bond acceptors (Lipinski definition) is 5. The van der Waals surface area contributed by atoms with E-state index in [1.807, 2.05) is 27.7 Å². The van der Waals surface area contributed by atoms with Gasteiger partial charge in [0.2, 0.25) is 0 Å². The topological polar surface area (TPSA) is 96.9 Å². The van der Waals surface area contributed by atoms with Crippen LogP contribution in [0.25, 0.3) is 0 Å². The molecule has 0 bridgehead atoms. The van der Waals surface area contributed by atoms with E-state index < -0.39 is 0 Å². The molecule has 1 rings (SSSR count). The molecule has 1 heterocycles. The van der Waals surface area contributed by atoms with E-state index in [0.717, 1.165) is 0 Å². The first-order valence-corrected chi connectivity index (χ1v) is 6.96. The lowest BCUT2D eigenvalue weighted by Gasteiger charge is -2.24. The van der Waals surface area contributed by atoms with E-state index in [0.29, 0.717) is 5.16 Å². The molecule has 1 aromatic rings. The Morgan fingerprint density at radius 3 is 2.50 bits per heavy atom. The number of hydrogen-bond donors (Lipinski definition) is 3. The number of thioether (sulfide) groups is 1. The Hall–Kier alpha value is -0.790. The van der Waals surface area contributed by atoms with Gasteiger partial charge in [-0.3, -0.25) is 4.57 Å². The molecule has 0 saturated carbocycles. The van der Waals surface area contributed by atoms with Crippen molar-refractivity contribution in [2.75, 3.05) is 6.61 Å². The first-order valence-electron chi connectivity index (χ1n) is 6.08. The smallest absolute Gasteiger partial charge is 0.344 e. The average Bonchev–Trinajstić information content (AvgIpc) is 2.66. The van der Waals surface area contributed by atoms with Gasteiger partial charge < -0.3 is 10.8 Å². The van der Waals surface area contributed by atoms with Crippen LogP contribution in [-0.2, 0) is 0 Å². The standard InChI is InChI=1S/C11H22N4O2S/c1-6(2)9(12)8(5-16)18-11-14-13-10(17)15(11)7(3)4/h6-9,16H,5,12H2,1-4H3,(H,13,17). The zero-order chi connectivity index (χ0) is 13.9. The van der Waals surface area contributed by atoms with Crippen LogP contribution in [0.5, 0.6) is 0 Å². The number of aromatic nitrogens is 3. The maximum atomic E-state index is 11.6. The Labute approximate surface area is 111 Å². The molecule has 0 aliphatic carbocycles. The molecule has 18 heavy (non-hydrogen) atoms. The molecule has 0 aliphatic heterocycles. The molecule has 0 fully saturated rings. The van der Waals surface area contributed by atoms with Crippen molar-refractivity contribution in [3.05, 3.63) is 10.5 Å². The van der Waals surface area contributed by atoms with Gasteiger partial charge in [-0.25, -0.2) is 9.89 Å². The lowest BCUT2D eigenvalue weighted by Crippen LogP contribution is -2.39. The molecule has 4 N–H and O–H groups in total. The molecule has 7 heteroatoms. The summed E-state index contributed by atoms with van der Waals surface area (Å²) in [6.45, 7) is 7.81. The fourth-order valence-corrected chi connectivity index (χ4v) is 2.95. The Kier molecular flexibility index (Phi) is 5.43. The minimum atomic E-state index is -0.234. The minimum Gasteiger partial charge on any atom is -0.395 e. The first-order chi connectivity index (χ1) is 8.38. The summed E-state index contributed by atoms with van der Waals surface area (Å²) in [6.07, 6.45) is 0. The van der Waals surface area contributed by atoms with Gasteiger partial charge in [0, 0.05) is 12.1 Å². The second kappa shape index (κ2) is 6.40. The van der Waals surface area contributed by atoms with Crippen molar-refractivity contribution in [2.45, 2.75) is 50.2 Å². The Bertz CT molecular complexity index is 427. The van der Waals surface area contributed by atoms with Crippen LogP contribution in [0.2, 0.25) is 0 Å². The maximum absolute atomic E-state index is 11.6. The predicted molar refractivity (Wildman–Crippen MR) is 72.8 cm³/mol. The second-order valence-electron chi connectivity index (χ2n) is 4.94. The highest BCUT2D eigenvalue weighted by atomic mass is 32.2. The van der Waals surface area contributed by atoms with Gasteiger partial charge in [0.1, 0.15) is 0 Å². The molecule has 0 aromatic carbocycles. The zero-order valence-electron chi connectivity index (χ0n) is 11.3. The predicted octanol–water partition coefficient (Wildman–Crippen LogP) is 0.589. The number of aliphatic hydroxyl groups excluding tert-OH is 1. The second-order valence-corrected chi connectivity index (χ2v) is 6.14. The molecule has 0 spiro atoms. The Balaban J connectivity index is 2.92. The Morgan fingerprint density at radius 2 is 2.06 bits per heavy atom. The lowest BCUT2D eigenvalue weighted by molar-refractivity contribution is 0.269. The number of nitrogens with one attached hydrogen (secondary N) is 1. The van der Waals surface area contributed by atoms with Crippen LogP contribution in [-0.4, -0.2) is 37.8 Å². The van der Waals surface area contributed by atoms with Crippen LogP contribution in [0.15, 0.2) is 9.95 Å². The lowest BCUT2D eigenvalue weighted by atomic mass is 10.0. The van der Waals surface area contributed by atoms with E-state index in [4.69, 9.17) is 5.73 Å². The van der Waals surface area contributed by atoms with Gasteiger partial charge in [0.05, 0.1) is 11.9 Å². The van der Waals surface area contributed by atoms with Crippen LogP contribution in [0.3, 0.4) is 0 Å². The van der Waals surface area contributed by atoms with Crippen LogP contribution in [0.4, 0.5) is 0 Å². The quantitative estimate of drug-likeness (QED) is 0.660. The summed E-state index contributed by atoms with van der Waals surface area (Å²) in [5.74, 6) is 0.257. The van der Waals surface area contributed by atoms with Crippen LogP contribution in [0.1, 0.15) is 33.7 Å². The molecule has 2 unspecified atom stereocenters. The molecule has 0 saturated heterocycles. The molecule has 0 aliphatic rings. The van der Waals surface area contributed by atoms with E-state index in [1.54, 1.807) is 4.57 Å². The van der Waals surface area contributed by atoms with Crippen LogP contribution >= 0.6 is 11.8 Å². The molecule has 2 atom stereocenters. The minimum absolute atomic E-state index is 0.0216. The van der Waals surface area contributed by atoms with E-state index >= 15 is 0 Å². The van der Waals surface area contributed by atoms with Crippen molar-refractivity contribution in [3.8, 4) is 0 Å².